The summed E-state index contributed by atoms with van der Waals surface area (Å²) < 4.78 is 0. The van der Waals surface area contributed by atoms with Gasteiger partial charge in [0.05, 0.1) is 12.0 Å². The van der Waals surface area contributed by atoms with E-state index in [0.717, 1.165) is 22.4 Å². The Morgan fingerprint density at radius 2 is 1.96 bits per heavy atom. The number of carbonyl (C=O) groups is 2. The van der Waals surface area contributed by atoms with Crippen molar-refractivity contribution in [1.29, 1.82) is 0 Å². The largest absolute Gasteiger partial charge is 0.478 e. The van der Waals surface area contributed by atoms with Crippen LogP contribution in [0.2, 0.25) is 0 Å². The summed E-state index contributed by atoms with van der Waals surface area (Å²) in [4.78, 5) is 24.3. The molecule has 0 fully saturated rings. The zero-order valence-electron chi connectivity index (χ0n) is 13.7. The van der Waals surface area contributed by atoms with Gasteiger partial charge in [0.25, 0.3) is 0 Å². The van der Waals surface area contributed by atoms with E-state index in [0.29, 0.717) is 18.5 Å². The van der Waals surface area contributed by atoms with Gasteiger partial charge in [0.1, 0.15) is 0 Å². The second kappa shape index (κ2) is 6.45. The Balaban J connectivity index is 1.65. The molecule has 0 aliphatic carbocycles. The van der Waals surface area contributed by atoms with E-state index in [1.54, 1.807) is 24.1 Å². The molecule has 2 aromatic carbocycles. The fraction of sp³-hybridized carbons (Fsp3) is 0.263. The predicted octanol–water partition coefficient (Wildman–Crippen LogP) is 2.75. The zero-order valence-corrected chi connectivity index (χ0v) is 13.7. The van der Waals surface area contributed by atoms with E-state index in [2.05, 4.69) is 18.3 Å². The number of nitrogens with zero attached hydrogens (tertiary/aromatic N) is 1. The van der Waals surface area contributed by atoms with Crippen LogP contribution in [0.15, 0.2) is 42.5 Å². The number of fused-ring (bicyclic) bond motifs is 1. The highest BCUT2D eigenvalue weighted by Gasteiger charge is 2.24. The summed E-state index contributed by atoms with van der Waals surface area (Å²) in [6, 6.07) is 13.1. The van der Waals surface area contributed by atoms with Gasteiger partial charge in [-0.25, -0.2) is 4.79 Å². The van der Waals surface area contributed by atoms with E-state index in [9.17, 15) is 9.59 Å². The summed E-state index contributed by atoms with van der Waals surface area (Å²) in [6.07, 6.45) is 0.461. The van der Waals surface area contributed by atoms with Gasteiger partial charge in [-0.2, -0.15) is 0 Å². The molecule has 1 aliphatic rings. The number of anilines is 1. The third-order valence-electron chi connectivity index (χ3n) is 4.49. The van der Waals surface area contributed by atoms with Crippen molar-refractivity contribution in [3.05, 3.63) is 64.7 Å². The summed E-state index contributed by atoms with van der Waals surface area (Å²) >= 11 is 0. The van der Waals surface area contributed by atoms with Crippen LogP contribution in [0.5, 0.6) is 0 Å². The topological polar surface area (TPSA) is 69.6 Å². The van der Waals surface area contributed by atoms with E-state index in [-0.39, 0.29) is 11.9 Å². The number of likely N-dealkylation sites (N-methyl/N-ethyl adjacent to an activating group) is 1. The van der Waals surface area contributed by atoms with Gasteiger partial charge >= 0.3 is 5.97 Å². The lowest BCUT2D eigenvalue weighted by Gasteiger charge is -2.16. The van der Waals surface area contributed by atoms with E-state index in [1.807, 2.05) is 24.3 Å². The van der Waals surface area contributed by atoms with Crippen molar-refractivity contribution in [2.75, 3.05) is 11.9 Å². The highest BCUT2D eigenvalue weighted by molar-refractivity contribution is 6.00. The van der Waals surface area contributed by atoms with Crippen molar-refractivity contribution in [3.8, 4) is 0 Å². The van der Waals surface area contributed by atoms with Crippen LogP contribution in [0, 0.1) is 0 Å². The summed E-state index contributed by atoms with van der Waals surface area (Å²) in [5, 5.41) is 12.3. The van der Waals surface area contributed by atoms with Crippen LogP contribution in [-0.2, 0) is 17.8 Å². The van der Waals surface area contributed by atoms with Gasteiger partial charge in [-0.1, -0.05) is 24.3 Å². The molecule has 1 aliphatic heterocycles. The maximum absolute atomic E-state index is 11.8. The Labute approximate surface area is 140 Å². The van der Waals surface area contributed by atoms with Gasteiger partial charge in [0.15, 0.2) is 0 Å². The molecule has 5 heteroatoms. The number of carboxylic acids is 1. The molecular formula is C19H20N2O3. The molecule has 24 heavy (non-hydrogen) atoms. The number of amides is 1. The maximum atomic E-state index is 11.8. The maximum Gasteiger partial charge on any atom is 0.335 e. The minimum absolute atomic E-state index is 0.126. The molecular weight excluding hydrogens is 304 g/mol. The molecule has 1 atom stereocenters. The van der Waals surface area contributed by atoms with Gasteiger partial charge in [-0.05, 0) is 41.8 Å². The lowest BCUT2D eigenvalue weighted by atomic mass is 10.0. The van der Waals surface area contributed by atoms with Crippen molar-refractivity contribution in [1.82, 2.24) is 5.32 Å². The summed E-state index contributed by atoms with van der Waals surface area (Å²) in [5.41, 5.74) is 4.51. The minimum Gasteiger partial charge on any atom is -0.478 e. The number of benzene rings is 2. The summed E-state index contributed by atoms with van der Waals surface area (Å²) in [7, 11) is 1.80. The van der Waals surface area contributed by atoms with Gasteiger partial charge in [0, 0.05) is 25.3 Å². The SMILES string of the molecule is CC(NCc1ccc(C(=O)O)cc1)c1ccc2c(c1)CC(=O)N2C. The third-order valence-corrected chi connectivity index (χ3v) is 4.49. The molecule has 0 saturated heterocycles. The van der Waals surface area contributed by atoms with Gasteiger partial charge in [-0.3, -0.25) is 4.79 Å². The van der Waals surface area contributed by atoms with E-state index < -0.39 is 5.97 Å². The Hall–Kier alpha value is -2.66. The van der Waals surface area contributed by atoms with Gasteiger partial charge < -0.3 is 15.3 Å². The zero-order chi connectivity index (χ0) is 17.3. The van der Waals surface area contributed by atoms with E-state index in [1.165, 1.54) is 0 Å². The first-order chi connectivity index (χ1) is 11.5. The Bertz CT molecular complexity index is 784. The first-order valence-corrected chi connectivity index (χ1v) is 7.90. The number of hydrogen-bond donors (Lipinski definition) is 2. The van der Waals surface area contributed by atoms with Crippen LogP contribution in [0.3, 0.4) is 0 Å². The number of carboxylic acid groups (broad SMARTS) is 1. The average Bonchev–Trinajstić information content (AvgIpc) is 2.87. The quantitative estimate of drug-likeness (QED) is 0.887. The lowest BCUT2D eigenvalue weighted by Crippen LogP contribution is -2.20. The van der Waals surface area contributed by atoms with E-state index in [4.69, 9.17) is 5.11 Å². The molecule has 1 heterocycles. The minimum atomic E-state index is -0.916. The highest BCUT2D eigenvalue weighted by Crippen LogP contribution is 2.30. The Kier molecular flexibility index (Phi) is 4.36. The molecule has 0 spiro atoms. The molecule has 1 unspecified atom stereocenters. The summed E-state index contributed by atoms with van der Waals surface area (Å²) in [5.74, 6) is -0.790. The monoisotopic (exact) mass is 324 g/mol. The Morgan fingerprint density at radius 3 is 2.62 bits per heavy atom. The fourth-order valence-electron chi connectivity index (χ4n) is 2.91. The number of hydrogen-bond acceptors (Lipinski definition) is 3. The molecule has 0 radical (unpaired) electrons. The Morgan fingerprint density at radius 1 is 1.25 bits per heavy atom. The molecule has 0 saturated carbocycles. The molecule has 1 amide bonds. The first kappa shape index (κ1) is 16.2. The molecule has 0 bridgehead atoms. The van der Waals surface area contributed by atoms with Crippen LogP contribution < -0.4 is 10.2 Å². The van der Waals surface area contributed by atoms with Gasteiger partial charge in [0.2, 0.25) is 5.91 Å². The van der Waals surface area contributed by atoms with Crippen molar-refractivity contribution < 1.29 is 14.7 Å². The van der Waals surface area contributed by atoms with Crippen LogP contribution in [0.4, 0.5) is 5.69 Å². The molecule has 3 rings (SSSR count). The second-order valence-corrected chi connectivity index (χ2v) is 6.12. The molecule has 124 valence electrons. The fourth-order valence-corrected chi connectivity index (χ4v) is 2.91. The van der Waals surface area contributed by atoms with Crippen LogP contribution in [0.25, 0.3) is 0 Å². The number of carbonyl (C=O) groups excluding carboxylic acids is 1. The normalized spacial score (nSPS) is 14.6. The molecule has 5 nitrogen and oxygen atoms in total. The standard InChI is InChI=1S/C19H20N2O3/c1-12(20-11-13-3-5-14(6-4-13)19(23)24)15-7-8-17-16(9-15)10-18(22)21(17)2/h3-9,12,20H,10-11H2,1-2H3,(H,23,24). The molecule has 0 aromatic heterocycles. The number of nitrogens with one attached hydrogen (secondary N) is 1. The van der Waals surface area contributed by atoms with Crippen LogP contribution >= 0.6 is 0 Å². The third kappa shape index (κ3) is 3.16. The second-order valence-electron chi connectivity index (χ2n) is 6.12. The predicted molar refractivity (Wildman–Crippen MR) is 92.2 cm³/mol. The van der Waals surface area contributed by atoms with Crippen LogP contribution in [-0.4, -0.2) is 24.0 Å². The first-order valence-electron chi connectivity index (χ1n) is 7.90. The lowest BCUT2D eigenvalue weighted by molar-refractivity contribution is -0.117. The average molecular weight is 324 g/mol. The highest BCUT2D eigenvalue weighted by atomic mass is 16.4. The van der Waals surface area contributed by atoms with Crippen molar-refractivity contribution in [2.45, 2.75) is 25.9 Å². The van der Waals surface area contributed by atoms with Crippen molar-refractivity contribution in [2.24, 2.45) is 0 Å². The number of rotatable bonds is 5. The molecule has 2 N–H and O–H groups in total. The smallest absolute Gasteiger partial charge is 0.335 e. The van der Waals surface area contributed by atoms with Gasteiger partial charge in [-0.15, -0.1) is 0 Å². The van der Waals surface area contributed by atoms with Crippen molar-refractivity contribution >= 4 is 17.6 Å². The summed E-state index contributed by atoms with van der Waals surface area (Å²) in [6.45, 7) is 2.73. The van der Waals surface area contributed by atoms with Crippen LogP contribution in [0.1, 0.15) is 40.0 Å². The number of aromatic carboxylic acids is 1. The van der Waals surface area contributed by atoms with Crippen molar-refractivity contribution in [3.63, 3.8) is 0 Å². The molecule has 2 aromatic rings. The van der Waals surface area contributed by atoms with E-state index >= 15 is 0 Å².